The number of aromatic nitrogens is 1. The van der Waals surface area contributed by atoms with Gasteiger partial charge in [-0.2, -0.15) is 13.2 Å². The Morgan fingerprint density at radius 1 is 0.816 bits per heavy atom. The van der Waals surface area contributed by atoms with Crippen molar-refractivity contribution in [3.8, 4) is 0 Å². The van der Waals surface area contributed by atoms with Crippen LogP contribution < -0.4 is 4.72 Å². The van der Waals surface area contributed by atoms with Crippen LogP contribution in [-0.4, -0.2) is 34.7 Å². The molecule has 0 saturated carbocycles. The summed E-state index contributed by atoms with van der Waals surface area (Å²) in [6, 6.07) is 14.2. The van der Waals surface area contributed by atoms with Crippen LogP contribution in [0.15, 0.2) is 93.7 Å². The molecule has 1 atom stereocenters. The number of benzene rings is 3. The summed E-state index contributed by atoms with van der Waals surface area (Å²) in [5.74, 6) is -1.09. The second-order valence-electron chi connectivity index (χ2n) is 8.10. The minimum Gasteiger partial charge on any atom is -0.222 e. The molecule has 15 heteroatoms. The van der Waals surface area contributed by atoms with E-state index in [0.717, 1.165) is 49.4 Å². The Bertz CT molecular complexity index is 1850. The standard InChI is InChI=1S/C23H18F4N2O6S3/c1-15(28-38(34,35)23(25,26)27)16-10-12-18(13-11-16)36(30,31)22-14-17-6-2-4-8-20(17)29(22)37(32,33)21-9-5-3-7-19(21)24/h2-15,28H,1H3/t15-/m0/s1. The molecular weight excluding hydrogens is 572 g/mol. The zero-order chi connectivity index (χ0) is 28.1. The SMILES string of the molecule is C[C@H](NS(=O)(=O)C(F)(F)F)c1ccc(S(=O)(=O)c2cc3ccccc3n2S(=O)(=O)c2ccccc2F)cc1. The first-order chi connectivity index (χ1) is 17.6. The second kappa shape index (κ2) is 9.48. The van der Waals surface area contributed by atoms with Gasteiger partial charge < -0.3 is 0 Å². The topological polar surface area (TPSA) is 119 Å². The lowest BCUT2D eigenvalue weighted by Crippen LogP contribution is -2.37. The van der Waals surface area contributed by atoms with Crippen molar-refractivity contribution < 1.29 is 42.8 Å². The molecule has 202 valence electrons. The molecule has 0 unspecified atom stereocenters. The molecule has 8 nitrogen and oxygen atoms in total. The molecular formula is C23H18F4N2O6S3. The number of sulfone groups is 1. The van der Waals surface area contributed by atoms with Gasteiger partial charge in [0, 0.05) is 11.4 Å². The zero-order valence-electron chi connectivity index (χ0n) is 19.2. The van der Waals surface area contributed by atoms with Gasteiger partial charge in [-0.1, -0.05) is 42.5 Å². The highest BCUT2D eigenvalue weighted by molar-refractivity contribution is 7.93. The number of hydrogen-bond acceptors (Lipinski definition) is 6. The van der Waals surface area contributed by atoms with E-state index < -0.39 is 62.1 Å². The van der Waals surface area contributed by atoms with Crippen molar-refractivity contribution in [3.05, 3.63) is 90.2 Å². The average molecular weight is 591 g/mol. The van der Waals surface area contributed by atoms with Crippen molar-refractivity contribution in [2.75, 3.05) is 0 Å². The molecule has 0 fully saturated rings. The van der Waals surface area contributed by atoms with Gasteiger partial charge in [-0.25, -0.2) is 38.3 Å². The first-order valence-corrected chi connectivity index (χ1v) is 15.0. The van der Waals surface area contributed by atoms with E-state index in [-0.39, 0.29) is 16.5 Å². The molecule has 1 aromatic heterocycles. The number of hydrogen-bond donors (Lipinski definition) is 1. The minimum absolute atomic E-state index is 0.0105. The van der Waals surface area contributed by atoms with Gasteiger partial charge in [0.15, 0.2) is 5.03 Å². The van der Waals surface area contributed by atoms with Crippen molar-refractivity contribution in [1.29, 1.82) is 0 Å². The molecule has 0 aliphatic heterocycles. The number of fused-ring (bicyclic) bond motifs is 1. The maximum atomic E-state index is 14.5. The average Bonchev–Trinajstić information content (AvgIpc) is 3.25. The summed E-state index contributed by atoms with van der Waals surface area (Å²) in [5, 5.41) is -0.460. The number of rotatable bonds is 7. The predicted octanol–water partition coefficient (Wildman–Crippen LogP) is 4.35. The molecule has 0 amide bonds. The van der Waals surface area contributed by atoms with Crippen molar-refractivity contribution in [1.82, 2.24) is 8.69 Å². The fourth-order valence-corrected chi connectivity index (χ4v) is 7.85. The molecule has 0 spiro atoms. The fourth-order valence-electron chi connectivity index (χ4n) is 3.72. The Hall–Kier alpha value is -3.27. The van der Waals surface area contributed by atoms with Gasteiger partial charge in [-0.15, -0.1) is 0 Å². The van der Waals surface area contributed by atoms with Gasteiger partial charge >= 0.3 is 15.5 Å². The van der Waals surface area contributed by atoms with E-state index in [2.05, 4.69) is 0 Å². The van der Waals surface area contributed by atoms with Crippen LogP contribution in [0.5, 0.6) is 0 Å². The Balaban J connectivity index is 1.82. The van der Waals surface area contributed by atoms with Crippen LogP contribution in [0, 0.1) is 5.82 Å². The highest BCUT2D eigenvalue weighted by atomic mass is 32.2. The smallest absolute Gasteiger partial charge is 0.222 e. The monoisotopic (exact) mass is 590 g/mol. The van der Waals surface area contributed by atoms with Crippen LogP contribution in [0.4, 0.5) is 17.6 Å². The van der Waals surface area contributed by atoms with E-state index in [1.54, 1.807) is 6.07 Å². The van der Waals surface area contributed by atoms with Crippen LogP contribution in [0.25, 0.3) is 10.9 Å². The Morgan fingerprint density at radius 3 is 2.00 bits per heavy atom. The first-order valence-electron chi connectivity index (χ1n) is 10.6. The largest absolute Gasteiger partial charge is 0.511 e. The lowest BCUT2D eigenvalue weighted by atomic mass is 10.1. The fraction of sp³-hybridized carbons (Fsp3) is 0.130. The third-order valence-corrected chi connectivity index (χ3v) is 10.5. The molecule has 4 rings (SSSR count). The molecule has 0 aliphatic rings. The Kier molecular flexibility index (Phi) is 6.93. The molecule has 0 radical (unpaired) electrons. The Morgan fingerprint density at radius 2 is 1.39 bits per heavy atom. The number of nitrogens with zero attached hydrogens (tertiary/aromatic N) is 1. The van der Waals surface area contributed by atoms with Crippen molar-refractivity contribution in [2.24, 2.45) is 0 Å². The molecule has 1 heterocycles. The van der Waals surface area contributed by atoms with Gasteiger partial charge in [0.05, 0.1) is 10.4 Å². The zero-order valence-corrected chi connectivity index (χ0v) is 21.7. The first kappa shape index (κ1) is 27.8. The third kappa shape index (κ3) is 4.81. The van der Waals surface area contributed by atoms with Crippen molar-refractivity contribution in [3.63, 3.8) is 0 Å². The van der Waals surface area contributed by atoms with E-state index in [1.807, 2.05) is 0 Å². The molecule has 3 aromatic carbocycles. The summed E-state index contributed by atoms with van der Waals surface area (Å²) >= 11 is 0. The van der Waals surface area contributed by atoms with Gasteiger partial charge in [0.2, 0.25) is 9.84 Å². The van der Waals surface area contributed by atoms with Gasteiger partial charge in [-0.05, 0) is 48.9 Å². The lowest BCUT2D eigenvalue weighted by molar-refractivity contribution is -0.0450. The highest BCUT2D eigenvalue weighted by Crippen LogP contribution is 2.33. The molecule has 0 bridgehead atoms. The van der Waals surface area contributed by atoms with Gasteiger partial charge in [0.1, 0.15) is 10.7 Å². The van der Waals surface area contributed by atoms with Gasteiger partial charge in [-0.3, -0.25) is 0 Å². The predicted molar refractivity (Wildman–Crippen MR) is 129 cm³/mol. The summed E-state index contributed by atoms with van der Waals surface area (Å²) in [7, 11) is -15.0. The molecule has 0 aliphatic carbocycles. The maximum absolute atomic E-state index is 14.5. The van der Waals surface area contributed by atoms with E-state index in [4.69, 9.17) is 0 Å². The molecule has 1 N–H and O–H groups in total. The number of halogens is 4. The van der Waals surface area contributed by atoms with Crippen LogP contribution in [0.1, 0.15) is 18.5 Å². The highest BCUT2D eigenvalue weighted by Gasteiger charge is 2.46. The number of alkyl halides is 3. The molecule has 38 heavy (non-hydrogen) atoms. The van der Waals surface area contributed by atoms with Crippen LogP contribution in [0.2, 0.25) is 0 Å². The summed E-state index contributed by atoms with van der Waals surface area (Å²) in [5.41, 5.74) is -5.56. The minimum atomic E-state index is -5.66. The second-order valence-corrected chi connectivity index (χ2v) is 13.5. The summed E-state index contributed by atoms with van der Waals surface area (Å²) in [4.78, 5) is -1.18. The van der Waals surface area contributed by atoms with Crippen LogP contribution >= 0.6 is 0 Å². The normalized spacial score (nSPS) is 14.0. The molecule has 4 aromatic rings. The third-order valence-electron chi connectivity index (χ3n) is 5.59. The van der Waals surface area contributed by atoms with Crippen molar-refractivity contribution >= 4 is 40.8 Å². The summed E-state index contributed by atoms with van der Waals surface area (Å²) < 4.78 is 131. The quantitative estimate of drug-likeness (QED) is 0.320. The lowest BCUT2D eigenvalue weighted by Gasteiger charge is -2.17. The van der Waals surface area contributed by atoms with E-state index >= 15 is 0 Å². The number of sulfonamides is 1. The van der Waals surface area contributed by atoms with E-state index in [1.165, 1.54) is 35.1 Å². The van der Waals surface area contributed by atoms with Gasteiger partial charge in [0.25, 0.3) is 10.0 Å². The van der Waals surface area contributed by atoms with E-state index in [9.17, 15) is 42.8 Å². The van der Waals surface area contributed by atoms with Crippen LogP contribution in [0.3, 0.4) is 0 Å². The number of nitrogens with one attached hydrogen (secondary N) is 1. The number of para-hydroxylation sites is 1. The molecule has 0 saturated heterocycles. The van der Waals surface area contributed by atoms with Crippen molar-refractivity contribution in [2.45, 2.75) is 33.3 Å². The van der Waals surface area contributed by atoms with Crippen LogP contribution in [-0.2, 0) is 29.9 Å². The van der Waals surface area contributed by atoms with E-state index in [0.29, 0.717) is 3.97 Å². The summed E-state index contributed by atoms with van der Waals surface area (Å²) in [6.45, 7) is 1.13. The summed E-state index contributed by atoms with van der Waals surface area (Å²) in [6.07, 6.45) is 0. The Labute approximate surface area is 215 Å². The maximum Gasteiger partial charge on any atom is 0.511 e.